The Labute approximate surface area is 127 Å². The van der Waals surface area contributed by atoms with Gasteiger partial charge in [-0.2, -0.15) is 0 Å². The Morgan fingerprint density at radius 3 is 2.52 bits per heavy atom. The smallest absolute Gasteiger partial charge is 0.0718 e. The first kappa shape index (κ1) is 14.4. The van der Waals surface area contributed by atoms with E-state index < -0.39 is 0 Å². The van der Waals surface area contributed by atoms with Crippen LogP contribution in [0.15, 0.2) is 24.3 Å². The van der Waals surface area contributed by atoms with Crippen molar-refractivity contribution in [2.75, 3.05) is 39.0 Å². The molecule has 21 heavy (non-hydrogen) atoms. The summed E-state index contributed by atoms with van der Waals surface area (Å²) in [6, 6.07) is 8.94. The van der Waals surface area contributed by atoms with E-state index in [2.05, 4.69) is 47.4 Å². The van der Waals surface area contributed by atoms with Crippen LogP contribution in [0.3, 0.4) is 0 Å². The summed E-state index contributed by atoms with van der Waals surface area (Å²) < 4.78 is 2.41. The number of nitrogens with zero attached hydrogens (tertiary/aromatic N) is 3. The van der Waals surface area contributed by atoms with Gasteiger partial charge in [0, 0.05) is 49.8 Å². The number of fused-ring (bicyclic) bond motifs is 1. The number of benzene rings is 1. The second kappa shape index (κ2) is 5.70. The summed E-state index contributed by atoms with van der Waals surface area (Å²) in [7, 11) is 2.20. The molecular weight excluding hydrogens is 260 g/mol. The number of rotatable bonds is 3. The summed E-state index contributed by atoms with van der Waals surface area (Å²) >= 11 is 0. The first-order valence-corrected chi connectivity index (χ1v) is 7.85. The largest absolute Gasteiger partial charge is 0.397 e. The molecule has 1 aliphatic rings. The lowest BCUT2D eigenvalue weighted by Crippen LogP contribution is -2.44. The second-order valence-corrected chi connectivity index (χ2v) is 6.46. The zero-order chi connectivity index (χ0) is 15.0. The predicted molar refractivity (Wildman–Crippen MR) is 89.5 cm³/mol. The first-order chi connectivity index (χ1) is 10.1. The third-order valence-electron chi connectivity index (χ3n) is 4.47. The van der Waals surface area contributed by atoms with Crippen LogP contribution < -0.4 is 5.73 Å². The molecular formula is C17H26N4. The van der Waals surface area contributed by atoms with E-state index in [1.807, 2.05) is 12.1 Å². The zero-order valence-electron chi connectivity index (χ0n) is 13.3. The zero-order valence-corrected chi connectivity index (χ0v) is 13.3. The van der Waals surface area contributed by atoms with E-state index in [1.165, 1.54) is 16.6 Å². The quantitative estimate of drug-likeness (QED) is 0.881. The Morgan fingerprint density at radius 2 is 1.86 bits per heavy atom. The van der Waals surface area contributed by atoms with Gasteiger partial charge < -0.3 is 15.2 Å². The highest BCUT2D eigenvalue weighted by Gasteiger charge is 2.18. The highest BCUT2D eigenvalue weighted by atomic mass is 15.3. The van der Waals surface area contributed by atoms with Crippen molar-refractivity contribution < 1.29 is 0 Å². The van der Waals surface area contributed by atoms with Gasteiger partial charge in [-0.1, -0.05) is 12.1 Å². The first-order valence-electron chi connectivity index (χ1n) is 7.85. The van der Waals surface area contributed by atoms with Crippen molar-refractivity contribution in [3.63, 3.8) is 0 Å². The van der Waals surface area contributed by atoms with Crippen LogP contribution in [0.1, 0.15) is 25.6 Å². The van der Waals surface area contributed by atoms with Gasteiger partial charge in [-0.05, 0) is 33.0 Å². The number of piperazine rings is 1. The Kier molecular flexibility index (Phi) is 3.91. The second-order valence-electron chi connectivity index (χ2n) is 6.46. The molecule has 1 saturated heterocycles. The van der Waals surface area contributed by atoms with E-state index in [1.54, 1.807) is 0 Å². The third-order valence-corrected chi connectivity index (χ3v) is 4.47. The van der Waals surface area contributed by atoms with E-state index >= 15 is 0 Å². The molecule has 0 spiro atoms. The Hall–Kier alpha value is -1.52. The molecule has 0 atom stereocenters. The fourth-order valence-corrected chi connectivity index (χ4v) is 3.31. The fourth-order valence-electron chi connectivity index (χ4n) is 3.31. The van der Waals surface area contributed by atoms with E-state index in [9.17, 15) is 0 Å². The van der Waals surface area contributed by atoms with Crippen molar-refractivity contribution in [3.8, 4) is 0 Å². The lowest BCUT2D eigenvalue weighted by Gasteiger charge is -2.32. The van der Waals surface area contributed by atoms with Crippen LogP contribution in [0.5, 0.6) is 0 Å². The molecule has 0 bridgehead atoms. The Balaban J connectivity index is 1.94. The van der Waals surface area contributed by atoms with Crippen LogP contribution in [-0.4, -0.2) is 47.6 Å². The number of nitrogens with two attached hydrogens (primary N) is 1. The fraction of sp³-hybridized carbons (Fsp3) is 0.529. The molecule has 1 aliphatic heterocycles. The van der Waals surface area contributed by atoms with Gasteiger partial charge in [0.2, 0.25) is 0 Å². The van der Waals surface area contributed by atoms with E-state index in [4.69, 9.17) is 5.73 Å². The minimum atomic E-state index is 0.426. The molecule has 2 N–H and O–H groups in total. The Bertz CT molecular complexity index is 621. The number of hydrogen-bond donors (Lipinski definition) is 1. The number of para-hydroxylation sites is 1. The highest BCUT2D eigenvalue weighted by molar-refractivity contribution is 5.91. The van der Waals surface area contributed by atoms with Crippen molar-refractivity contribution in [3.05, 3.63) is 30.0 Å². The number of anilines is 1. The summed E-state index contributed by atoms with van der Waals surface area (Å²) in [5, 5.41) is 1.26. The third kappa shape index (κ3) is 2.78. The minimum Gasteiger partial charge on any atom is -0.397 e. The number of hydrogen-bond acceptors (Lipinski definition) is 3. The summed E-state index contributed by atoms with van der Waals surface area (Å²) in [6.45, 7) is 10.1. The van der Waals surface area contributed by atoms with Crippen LogP contribution in [0.4, 0.5) is 5.69 Å². The summed E-state index contributed by atoms with van der Waals surface area (Å²) in [5.41, 5.74) is 9.67. The molecule has 1 aromatic heterocycles. The van der Waals surface area contributed by atoms with Crippen molar-refractivity contribution >= 4 is 16.6 Å². The highest BCUT2D eigenvalue weighted by Crippen LogP contribution is 2.29. The monoisotopic (exact) mass is 286 g/mol. The normalized spacial score (nSPS) is 17.9. The molecule has 1 aromatic carbocycles. The van der Waals surface area contributed by atoms with Gasteiger partial charge >= 0.3 is 0 Å². The minimum absolute atomic E-state index is 0.426. The molecule has 114 valence electrons. The lowest BCUT2D eigenvalue weighted by molar-refractivity contribution is 0.145. The molecule has 4 heteroatoms. The van der Waals surface area contributed by atoms with Gasteiger partial charge in [-0.15, -0.1) is 0 Å². The summed E-state index contributed by atoms with van der Waals surface area (Å²) in [6.07, 6.45) is 0. The van der Waals surface area contributed by atoms with Crippen molar-refractivity contribution in [1.29, 1.82) is 0 Å². The maximum atomic E-state index is 6.22. The lowest BCUT2D eigenvalue weighted by atomic mass is 10.2. The predicted octanol–water partition coefficient (Wildman–Crippen LogP) is 2.55. The van der Waals surface area contributed by atoms with Crippen LogP contribution in [0, 0.1) is 0 Å². The van der Waals surface area contributed by atoms with Crippen LogP contribution >= 0.6 is 0 Å². The molecule has 0 saturated carbocycles. The van der Waals surface area contributed by atoms with Crippen molar-refractivity contribution in [2.24, 2.45) is 0 Å². The molecule has 4 nitrogen and oxygen atoms in total. The van der Waals surface area contributed by atoms with Gasteiger partial charge in [0.15, 0.2) is 0 Å². The molecule has 3 rings (SSSR count). The maximum absolute atomic E-state index is 6.22. The number of nitrogen functional groups attached to an aromatic ring is 1. The maximum Gasteiger partial charge on any atom is 0.0718 e. The topological polar surface area (TPSA) is 37.4 Å². The van der Waals surface area contributed by atoms with Gasteiger partial charge in [0.05, 0.1) is 11.2 Å². The van der Waals surface area contributed by atoms with E-state index in [0.29, 0.717) is 6.04 Å². The van der Waals surface area contributed by atoms with Crippen LogP contribution in [0.25, 0.3) is 10.9 Å². The summed E-state index contributed by atoms with van der Waals surface area (Å²) in [4.78, 5) is 4.94. The molecule has 0 unspecified atom stereocenters. The molecule has 1 fully saturated rings. The van der Waals surface area contributed by atoms with Crippen LogP contribution in [-0.2, 0) is 6.54 Å². The Morgan fingerprint density at radius 1 is 1.14 bits per heavy atom. The molecule has 0 aliphatic carbocycles. The average molecular weight is 286 g/mol. The van der Waals surface area contributed by atoms with Crippen LogP contribution in [0.2, 0.25) is 0 Å². The van der Waals surface area contributed by atoms with Gasteiger partial charge in [0.1, 0.15) is 0 Å². The van der Waals surface area contributed by atoms with Crippen molar-refractivity contribution in [1.82, 2.24) is 14.4 Å². The average Bonchev–Trinajstić information content (AvgIpc) is 2.81. The number of likely N-dealkylation sites (N-methyl/N-ethyl adjacent to an activating group) is 1. The van der Waals surface area contributed by atoms with Gasteiger partial charge in [0.25, 0.3) is 0 Å². The molecule has 2 aromatic rings. The van der Waals surface area contributed by atoms with Gasteiger partial charge in [-0.3, -0.25) is 4.90 Å². The SMILES string of the molecule is CC(C)n1c(CN2CCN(C)CC2)cc2cccc(N)c21. The van der Waals surface area contributed by atoms with Crippen molar-refractivity contribution in [2.45, 2.75) is 26.4 Å². The molecule has 2 heterocycles. The standard InChI is InChI=1S/C17H26N4/c1-13(2)21-15(12-20-9-7-19(3)8-10-20)11-14-5-4-6-16(18)17(14)21/h4-6,11,13H,7-10,12,18H2,1-3H3. The number of aromatic nitrogens is 1. The van der Waals surface area contributed by atoms with E-state index in [-0.39, 0.29) is 0 Å². The van der Waals surface area contributed by atoms with E-state index in [0.717, 1.165) is 38.4 Å². The summed E-state index contributed by atoms with van der Waals surface area (Å²) in [5.74, 6) is 0. The molecule has 0 amide bonds. The van der Waals surface area contributed by atoms with Gasteiger partial charge in [-0.25, -0.2) is 0 Å². The molecule has 0 radical (unpaired) electrons.